The normalized spacial score (nSPS) is 18.1. The molecule has 0 spiro atoms. The number of amides is 2. The molecule has 0 saturated heterocycles. The third kappa shape index (κ3) is 4.85. The Balaban J connectivity index is 1.42. The van der Waals surface area contributed by atoms with Gasteiger partial charge < -0.3 is 15.4 Å². The fourth-order valence-electron chi connectivity index (χ4n) is 2.77. The molecule has 2 unspecified atom stereocenters. The first-order valence-electron chi connectivity index (χ1n) is 8.91. The first kappa shape index (κ1) is 18.0. The van der Waals surface area contributed by atoms with Crippen LogP contribution in [0.1, 0.15) is 29.3 Å². The van der Waals surface area contributed by atoms with Gasteiger partial charge in [0, 0.05) is 17.2 Å². The first-order chi connectivity index (χ1) is 12.5. The smallest absolute Gasteiger partial charge is 0.251 e. The van der Waals surface area contributed by atoms with Gasteiger partial charge in [0.1, 0.15) is 12.4 Å². The van der Waals surface area contributed by atoms with Gasteiger partial charge >= 0.3 is 0 Å². The van der Waals surface area contributed by atoms with Gasteiger partial charge in [-0.15, -0.1) is 0 Å². The molecule has 2 atom stereocenters. The van der Waals surface area contributed by atoms with E-state index in [9.17, 15) is 9.59 Å². The van der Waals surface area contributed by atoms with Crippen LogP contribution >= 0.6 is 0 Å². The van der Waals surface area contributed by atoms with E-state index < -0.39 is 0 Å². The number of hydrogen-bond donors (Lipinski definition) is 2. The predicted octanol–water partition coefficient (Wildman–Crippen LogP) is 3.40. The summed E-state index contributed by atoms with van der Waals surface area (Å²) in [6, 6.07) is 14.7. The van der Waals surface area contributed by atoms with Gasteiger partial charge in [0.15, 0.2) is 0 Å². The topological polar surface area (TPSA) is 67.4 Å². The molecule has 0 aromatic heterocycles. The summed E-state index contributed by atoms with van der Waals surface area (Å²) in [6.07, 6.45) is 0.955. The first-order valence-corrected chi connectivity index (χ1v) is 8.91. The van der Waals surface area contributed by atoms with E-state index in [0.29, 0.717) is 30.3 Å². The quantitative estimate of drug-likeness (QED) is 0.751. The highest BCUT2D eigenvalue weighted by atomic mass is 16.5. The Hall–Kier alpha value is -2.82. The Morgan fingerprint density at radius 1 is 1.15 bits per heavy atom. The van der Waals surface area contributed by atoms with Crippen molar-refractivity contribution < 1.29 is 14.3 Å². The lowest BCUT2D eigenvalue weighted by Gasteiger charge is -2.09. The summed E-state index contributed by atoms with van der Waals surface area (Å²) in [4.78, 5) is 24.1. The molecule has 136 valence electrons. The van der Waals surface area contributed by atoms with Crippen molar-refractivity contribution in [3.05, 3.63) is 59.7 Å². The number of nitrogens with one attached hydrogen (secondary N) is 2. The molecular weight excluding hydrogens is 328 g/mol. The van der Waals surface area contributed by atoms with Gasteiger partial charge in [-0.2, -0.15) is 0 Å². The lowest BCUT2D eigenvalue weighted by molar-refractivity contribution is -0.117. The molecule has 26 heavy (non-hydrogen) atoms. The van der Waals surface area contributed by atoms with E-state index in [4.69, 9.17) is 4.74 Å². The maximum Gasteiger partial charge on any atom is 0.251 e. The molecule has 2 N–H and O–H groups in total. The minimum absolute atomic E-state index is 0.0583. The van der Waals surface area contributed by atoms with Crippen molar-refractivity contribution in [2.45, 2.75) is 20.3 Å². The summed E-state index contributed by atoms with van der Waals surface area (Å²) in [6.45, 7) is 4.90. The number of carbonyl (C=O) groups excluding carboxylic acids is 2. The van der Waals surface area contributed by atoms with Crippen molar-refractivity contribution in [1.82, 2.24) is 5.32 Å². The Kier molecular flexibility index (Phi) is 5.56. The predicted molar refractivity (Wildman–Crippen MR) is 101 cm³/mol. The van der Waals surface area contributed by atoms with Gasteiger partial charge in [0.2, 0.25) is 5.91 Å². The maximum atomic E-state index is 12.2. The van der Waals surface area contributed by atoms with Gasteiger partial charge in [-0.05, 0) is 61.2 Å². The Morgan fingerprint density at radius 2 is 1.88 bits per heavy atom. The highest BCUT2D eigenvalue weighted by molar-refractivity contribution is 5.96. The van der Waals surface area contributed by atoms with Crippen LogP contribution in [0.4, 0.5) is 5.69 Å². The molecule has 0 bridgehead atoms. The molecule has 5 heteroatoms. The average Bonchev–Trinajstić information content (AvgIpc) is 3.36. The summed E-state index contributed by atoms with van der Waals surface area (Å²) < 4.78 is 5.61. The molecule has 0 aliphatic heterocycles. The Bertz CT molecular complexity index is 786. The van der Waals surface area contributed by atoms with Crippen molar-refractivity contribution in [1.29, 1.82) is 0 Å². The zero-order valence-electron chi connectivity index (χ0n) is 15.1. The lowest BCUT2D eigenvalue weighted by atomic mass is 10.2. The molecule has 1 saturated carbocycles. The van der Waals surface area contributed by atoms with Crippen LogP contribution in [0.2, 0.25) is 0 Å². The molecule has 5 nitrogen and oxygen atoms in total. The van der Waals surface area contributed by atoms with E-state index in [1.165, 1.54) is 0 Å². The maximum absolute atomic E-state index is 12.2. The van der Waals surface area contributed by atoms with Crippen LogP contribution in [0.15, 0.2) is 48.5 Å². The van der Waals surface area contributed by atoms with E-state index in [2.05, 4.69) is 17.6 Å². The average molecular weight is 352 g/mol. The molecule has 2 aromatic rings. The second-order valence-electron chi connectivity index (χ2n) is 6.81. The Labute approximate surface area is 153 Å². The SMILES string of the molecule is Cc1cccc(OCCNC(=O)c2ccc(NC(=O)C3CC3C)cc2)c1. The number of benzene rings is 2. The zero-order chi connectivity index (χ0) is 18.5. The van der Waals surface area contributed by atoms with Gasteiger partial charge in [-0.1, -0.05) is 19.1 Å². The third-order valence-electron chi connectivity index (χ3n) is 4.51. The fraction of sp³-hybridized carbons (Fsp3) is 0.333. The molecule has 2 amide bonds. The highest BCUT2D eigenvalue weighted by Crippen LogP contribution is 2.38. The summed E-state index contributed by atoms with van der Waals surface area (Å²) in [5, 5.41) is 5.71. The van der Waals surface area contributed by atoms with E-state index in [-0.39, 0.29) is 17.7 Å². The van der Waals surface area contributed by atoms with Crippen LogP contribution in [-0.2, 0) is 4.79 Å². The standard InChI is InChI=1S/C21H24N2O3/c1-14-4-3-5-18(12-14)26-11-10-22-20(24)16-6-8-17(9-7-16)23-21(25)19-13-15(19)2/h3-9,12,15,19H,10-11,13H2,1-2H3,(H,22,24)(H,23,25). The summed E-state index contributed by atoms with van der Waals surface area (Å²) >= 11 is 0. The number of hydrogen-bond acceptors (Lipinski definition) is 3. The van der Waals surface area contributed by atoms with Crippen LogP contribution in [0.5, 0.6) is 5.75 Å². The minimum Gasteiger partial charge on any atom is -0.492 e. The molecule has 1 aliphatic rings. The number of ether oxygens (including phenoxy) is 1. The van der Waals surface area contributed by atoms with Gasteiger partial charge in [0.05, 0.1) is 6.54 Å². The van der Waals surface area contributed by atoms with Crippen LogP contribution in [-0.4, -0.2) is 25.0 Å². The summed E-state index contributed by atoms with van der Waals surface area (Å²) in [5.41, 5.74) is 2.40. The molecule has 2 aromatic carbocycles. The lowest BCUT2D eigenvalue weighted by Crippen LogP contribution is -2.28. The Morgan fingerprint density at radius 3 is 2.54 bits per heavy atom. The van der Waals surface area contributed by atoms with Crippen molar-refractivity contribution in [3.63, 3.8) is 0 Å². The van der Waals surface area contributed by atoms with Crippen molar-refractivity contribution in [2.24, 2.45) is 11.8 Å². The second kappa shape index (κ2) is 8.04. The molecular formula is C21H24N2O3. The van der Waals surface area contributed by atoms with E-state index in [1.54, 1.807) is 24.3 Å². The van der Waals surface area contributed by atoms with Crippen LogP contribution in [0, 0.1) is 18.8 Å². The van der Waals surface area contributed by atoms with Gasteiger partial charge in [-0.3, -0.25) is 9.59 Å². The van der Waals surface area contributed by atoms with Crippen molar-refractivity contribution >= 4 is 17.5 Å². The third-order valence-corrected chi connectivity index (χ3v) is 4.51. The van der Waals surface area contributed by atoms with Crippen LogP contribution < -0.4 is 15.4 Å². The van der Waals surface area contributed by atoms with Crippen molar-refractivity contribution in [2.75, 3.05) is 18.5 Å². The van der Waals surface area contributed by atoms with E-state index in [1.807, 2.05) is 31.2 Å². The number of carbonyl (C=O) groups is 2. The number of anilines is 1. The second-order valence-corrected chi connectivity index (χ2v) is 6.81. The van der Waals surface area contributed by atoms with Gasteiger partial charge in [-0.25, -0.2) is 0 Å². The van der Waals surface area contributed by atoms with Gasteiger partial charge in [0.25, 0.3) is 5.91 Å². The van der Waals surface area contributed by atoms with E-state index >= 15 is 0 Å². The molecule has 3 rings (SSSR count). The van der Waals surface area contributed by atoms with Crippen LogP contribution in [0.25, 0.3) is 0 Å². The van der Waals surface area contributed by atoms with E-state index in [0.717, 1.165) is 17.7 Å². The molecule has 1 fully saturated rings. The molecule has 0 radical (unpaired) electrons. The highest BCUT2D eigenvalue weighted by Gasteiger charge is 2.39. The molecule has 1 aliphatic carbocycles. The number of rotatable bonds is 7. The van der Waals surface area contributed by atoms with Crippen LogP contribution in [0.3, 0.4) is 0 Å². The monoisotopic (exact) mass is 352 g/mol. The minimum atomic E-state index is -0.161. The fourth-order valence-corrected chi connectivity index (χ4v) is 2.77. The zero-order valence-corrected chi connectivity index (χ0v) is 15.1. The van der Waals surface area contributed by atoms with Crippen molar-refractivity contribution in [3.8, 4) is 5.75 Å². The largest absolute Gasteiger partial charge is 0.492 e. The molecule has 0 heterocycles. The summed E-state index contributed by atoms with van der Waals surface area (Å²) in [5.74, 6) is 1.30. The summed E-state index contributed by atoms with van der Waals surface area (Å²) in [7, 11) is 0. The number of aryl methyl sites for hydroxylation is 1.